The molecule has 2 aromatic rings. The van der Waals surface area contributed by atoms with Crippen molar-refractivity contribution >= 4 is 22.6 Å². The Labute approximate surface area is 173 Å². The minimum Gasteiger partial charge on any atom is -0.465 e. The van der Waals surface area contributed by atoms with E-state index in [1.54, 1.807) is 7.11 Å². The number of hydrogen-bond acceptors (Lipinski definition) is 6. The number of likely N-dealkylation sites (N-methyl/N-ethyl adjacent to an activating group) is 1. The van der Waals surface area contributed by atoms with Crippen LogP contribution in [0.4, 0.5) is 5.69 Å². The van der Waals surface area contributed by atoms with Gasteiger partial charge < -0.3 is 19.7 Å². The third kappa shape index (κ3) is 4.56. The SMILES string of the molecule is CCc1c(C(=O)OC)cc2c(cnn2C)c1NC1CCC(N(C)CCOC)CC1. The number of rotatable bonds is 8. The quantitative estimate of drug-likeness (QED) is 0.684. The van der Waals surface area contributed by atoms with Crippen LogP contribution in [-0.2, 0) is 22.9 Å². The fourth-order valence-corrected chi connectivity index (χ4v) is 4.44. The second-order valence-corrected chi connectivity index (χ2v) is 7.95. The lowest BCUT2D eigenvalue weighted by Gasteiger charge is -2.35. The number of aromatic nitrogens is 2. The van der Waals surface area contributed by atoms with Gasteiger partial charge in [0.1, 0.15) is 0 Å². The summed E-state index contributed by atoms with van der Waals surface area (Å²) in [4.78, 5) is 14.8. The Hall–Kier alpha value is -2.12. The van der Waals surface area contributed by atoms with Crippen molar-refractivity contribution in [3.63, 3.8) is 0 Å². The Balaban J connectivity index is 1.82. The second-order valence-electron chi connectivity index (χ2n) is 7.95. The maximum Gasteiger partial charge on any atom is 0.338 e. The highest BCUT2D eigenvalue weighted by Gasteiger charge is 2.26. The summed E-state index contributed by atoms with van der Waals surface area (Å²) >= 11 is 0. The van der Waals surface area contributed by atoms with E-state index in [1.165, 1.54) is 7.11 Å². The highest BCUT2D eigenvalue weighted by molar-refractivity contribution is 6.03. The molecule has 7 nitrogen and oxygen atoms in total. The van der Waals surface area contributed by atoms with Crippen LogP contribution >= 0.6 is 0 Å². The third-order valence-electron chi connectivity index (χ3n) is 6.24. The maximum absolute atomic E-state index is 12.4. The van der Waals surface area contributed by atoms with E-state index in [2.05, 4.69) is 29.3 Å². The molecule has 0 saturated heterocycles. The van der Waals surface area contributed by atoms with Crippen LogP contribution in [0.2, 0.25) is 0 Å². The first-order valence-corrected chi connectivity index (χ1v) is 10.5. The Morgan fingerprint density at radius 1 is 1.31 bits per heavy atom. The summed E-state index contributed by atoms with van der Waals surface area (Å²) in [7, 11) is 7.27. The average Bonchev–Trinajstić information content (AvgIpc) is 3.12. The molecule has 29 heavy (non-hydrogen) atoms. The van der Waals surface area contributed by atoms with Gasteiger partial charge >= 0.3 is 5.97 Å². The molecule has 1 N–H and O–H groups in total. The van der Waals surface area contributed by atoms with E-state index in [1.807, 2.05) is 24.0 Å². The van der Waals surface area contributed by atoms with Crippen molar-refractivity contribution in [2.24, 2.45) is 7.05 Å². The lowest BCUT2D eigenvalue weighted by molar-refractivity contribution is 0.0599. The molecular formula is C22H34N4O3. The molecule has 1 fully saturated rings. The van der Waals surface area contributed by atoms with Gasteiger partial charge in [0.15, 0.2) is 0 Å². The molecule has 0 amide bonds. The first-order valence-electron chi connectivity index (χ1n) is 10.5. The molecule has 1 aromatic heterocycles. The summed E-state index contributed by atoms with van der Waals surface area (Å²) < 4.78 is 12.1. The molecule has 1 aliphatic carbocycles. The van der Waals surface area contributed by atoms with Gasteiger partial charge in [0.2, 0.25) is 0 Å². The minimum atomic E-state index is -0.295. The summed E-state index contributed by atoms with van der Waals surface area (Å²) in [6, 6.07) is 2.90. The van der Waals surface area contributed by atoms with Gasteiger partial charge in [-0.15, -0.1) is 0 Å². The van der Waals surface area contributed by atoms with Gasteiger partial charge in [-0.2, -0.15) is 5.10 Å². The third-order valence-corrected chi connectivity index (χ3v) is 6.24. The highest BCUT2D eigenvalue weighted by atomic mass is 16.5. The predicted molar refractivity (Wildman–Crippen MR) is 116 cm³/mol. The fraction of sp³-hybridized carbons (Fsp3) is 0.636. The Bertz CT molecular complexity index is 840. The predicted octanol–water partition coefficient (Wildman–Crippen LogP) is 3.22. The van der Waals surface area contributed by atoms with Gasteiger partial charge in [-0.1, -0.05) is 6.92 Å². The van der Waals surface area contributed by atoms with Crippen molar-refractivity contribution in [3.05, 3.63) is 23.4 Å². The summed E-state index contributed by atoms with van der Waals surface area (Å²) in [6.45, 7) is 3.82. The van der Waals surface area contributed by atoms with E-state index >= 15 is 0 Å². The molecule has 0 atom stereocenters. The molecule has 1 saturated carbocycles. The molecule has 1 aromatic carbocycles. The molecule has 0 aliphatic heterocycles. The summed E-state index contributed by atoms with van der Waals surface area (Å²) in [5, 5.41) is 9.26. The zero-order valence-electron chi connectivity index (χ0n) is 18.3. The monoisotopic (exact) mass is 402 g/mol. The number of esters is 1. The van der Waals surface area contributed by atoms with Crippen LogP contribution in [0.3, 0.4) is 0 Å². The first-order chi connectivity index (χ1) is 14.0. The first kappa shape index (κ1) is 21.6. The van der Waals surface area contributed by atoms with Crippen molar-refractivity contribution in [1.29, 1.82) is 0 Å². The van der Waals surface area contributed by atoms with Crippen LogP contribution in [-0.4, -0.2) is 67.2 Å². The molecule has 0 spiro atoms. The smallest absolute Gasteiger partial charge is 0.338 e. The molecule has 1 heterocycles. The number of anilines is 1. The molecule has 0 radical (unpaired) electrons. The van der Waals surface area contributed by atoms with Crippen LogP contribution in [0.15, 0.2) is 12.3 Å². The van der Waals surface area contributed by atoms with E-state index < -0.39 is 0 Å². The lowest BCUT2D eigenvalue weighted by Crippen LogP contribution is -2.39. The average molecular weight is 403 g/mol. The van der Waals surface area contributed by atoms with E-state index in [4.69, 9.17) is 9.47 Å². The van der Waals surface area contributed by atoms with Crippen molar-refractivity contribution in [2.45, 2.75) is 51.1 Å². The molecule has 160 valence electrons. The number of methoxy groups -OCH3 is 2. The number of ether oxygens (including phenoxy) is 2. The van der Waals surface area contributed by atoms with Crippen molar-refractivity contribution in [3.8, 4) is 0 Å². The zero-order valence-corrected chi connectivity index (χ0v) is 18.3. The van der Waals surface area contributed by atoms with Gasteiger partial charge in [0.05, 0.1) is 31.0 Å². The normalized spacial score (nSPS) is 19.7. The molecule has 1 aliphatic rings. The van der Waals surface area contributed by atoms with Crippen LogP contribution < -0.4 is 5.32 Å². The van der Waals surface area contributed by atoms with Gasteiger partial charge in [-0.05, 0) is 50.8 Å². The number of aryl methyl sites for hydroxylation is 1. The van der Waals surface area contributed by atoms with Crippen molar-refractivity contribution < 1.29 is 14.3 Å². The molecule has 0 bridgehead atoms. The van der Waals surface area contributed by atoms with E-state index in [0.717, 1.165) is 67.4 Å². The van der Waals surface area contributed by atoms with E-state index in [-0.39, 0.29) is 5.97 Å². The minimum absolute atomic E-state index is 0.295. The van der Waals surface area contributed by atoms with E-state index in [0.29, 0.717) is 17.6 Å². The summed E-state index contributed by atoms with van der Waals surface area (Å²) in [5.41, 5.74) is 3.62. The van der Waals surface area contributed by atoms with Gasteiger partial charge in [0, 0.05) is 43.9 Å². The number of fused-ring (bicyclic) bond motifs is 1. The Morgan fingerprint density at radius 3 is 2.66 bits per heavy atom. The lowest BCUT2D eigenvalue weighted by atomic mass is 9.89. The van der Waals surface area contributed by atoms with Crippen LogP contribution in [0, 0.1) is 0 Å². The fourth-order valence-electron chi connectivity index (χ4n) is 4.44. The Morgan fingerprint density at radius 2 is 2.03 bits per heavy atom. The second kappa shape index (κ2) is 9.59. The molecule has 7 heteroatoms. The Kier molecular flexibility index (Phi) is 7.14. The number of nitrogens with one attached hydrogen (secondary N) is 1. The van der Waals surface area contributed by atoms with E-state index in [9.17, 15) is 4.79 Å². The summed E-state index contributed by atoms with van der Waals surface area (Å²) in [6.07, 6.45) is 7.18. The van der Waals surface area contributed by atoms with Gasteiger partial charge in [0.25, 0.3) is 0 Å². The highest BCUT2D eigenvalue weighted by Crippen LogP contribution is 2.34. The number of hydrogen-bond donors (Lipinski definition) is 1. The topological polar surface area (TPSA) is 68.6 Å². The molecular weight excluding hydrogens is 368 g/mol. The van der Waals surface area contributed by atoms with Crippen LogP contribution in [0.25, 0.3) is 10.9 Å². The van der Waals surface area contributed by atoms with Gasteiger partial charge in [-0.25, -0.2) is 4.79 Å². The number of carbonyl (C=O) groups excluding carboxylic acids is 1. The number of benzene rings is 1. The van der Waals surface area contributed by atoms with Crippen LogP contribution in [0.1, 0.15) is 48.5 Å². The zero-order chi connectivity index (χ0) is 21.0. The summed E-state index contributed by atoms with van der Waals surface area (Å²) in [5.74, 6) is -0.295. The number of nitrogens with zero attached hydrogens (tertiary/aromatic N) is 3. The van der Waals surface area contributed by atoms with Crippen molar-refractivity contribution in [2.75, 3.05) is 39.7 Å². The molecule has 3 rings (SSSR count). The standard InChI is InChI=1S/C22H34N4O3/c1-6-17-18(22(27)29-5)13-20-19(14-23-26(20)3)21(17)24-15-7-9-16(10-8-15)25(2)11-12-28-4/h13-16,24H,6-12H2,1-5H3. The van der Waals surface area contributed by atoms with Crippen LogP contribution in [0.5, 0.6) is 0 Å². The number of carbonyl (C=O) groups is 1. The molecule has 0 unspecified atom stereocenters. The largest absolute Gasteiger partial charge is 0.465 e. The van der Waals surface area contributed by atoms with Crippen molar-refractivity contribution in [1.82, 2.24) is 14.7 Å². The maximum atomic E-state index is 12.4. The van der Waals surface area contributed by atoms with Gasteiger partial charge in [-0.3, -0.25) is 4.68 Å².